The largest absolute Gasteiger partial charge is 0.481 e. The van der Waals surface area contributed by atoms with Crippen molar-refractivity contribution in [1.29, 1.82) is 0 Å². The van der Waals surface area contributed by atoms with Gasteiger partial charge in [0.25, 0.3) is 0 Å². The van der Waals surface area contributed by atoms with Crippen LogP contribution >= 0.6 is 11.6 Å². The van der Waals surface area contributed by atoms with Crippen molar-refractivity contribution in [2.45, 2.75) is 12.6 Å². The summed E-state index contributed by atoms with van der Waals surface area (Å²) in [4.78, 5) is 11.4. The van der Waals surface area contributed by atoms with Gasteiger partial charge in [0, 0.05) is 13.1 Å². The number of carboxylic acid groups (broad SMARTS) is 1. The van der Waals surface area contributed by atoms with Crippen molar-refractivity contribution in [3.63, 3.8) is 0 Å². The van der Waals surface area contributed by atoms with Crippen molar-refractivity contribution in [3.05, 3.63) is 70.5 Å². The molecule has 0 saturated carbocycles. The number of halogens is 2. The van der Waals surface area contributed by atoms with E-state index >= 15 is 0 Å². The Morgan fingerprint density at radius 3 is 2.52 bits per heavy atom. The Bertz CT molecular complexity index is 666. The fraction of sp³-hybridized carbons (Fsp3) is 0.235. The highest BCUT2D eigenvalue weighted by Gasteiger charge is 2.28. The highest BCUT2D eigenvalue weighted by Crippen LogP contribution is 2.25. The average Bonchev–Trinajstić information content (AvgIpc) is 2.54. The molecule has 0 saturated heterocycles. The van der Waals surface area contributed by atoms with E-state index in [4.69, 9.17) is 11.6 Å². The highest BCUT2D eigenvalue weighted by molar-refractivity contribution is 6.30. The molecule has 4 nitrogen and oxygen atoms in total. The van der Waals surface area contributed by atoms with Crippen LogP contribution in [0.25, 0.3) is 0 Å². The molecular weight excluding hydrogens is 321 g/mol. The van der Waals surface area contributed by atoms with Gasteiger partial charge < -0.3 is 15.5 Å². The molecule has 0 aliphatic carbocycles. The molecule has 2 atom stereocenters. The van der Waals surface area contributed by atoms with Crippen molar-refractivity contribution < 1.29 is 19.4 Å². The highest BCUT2D eigenvalue weighted by atomic mass is 35.5. The number of aliphatic carboxylic acids is 1. The molecule has 0 heterocycles. The van der Waals surface area contributed by atoms with Crippen LogP contribution in [0.4, 0.5) is 4.39 Å². The van der Waals surface area contributed by atoms with Crippen molar-refractivity contribution in [1.82, 2.24) is 5.32 Å². The minimum atomic E-state index is -1.33. The molecule has 23 heavy (non-hydrogen) atoms. The van der Waals surface area contributed by atoms with Gasteiger partial charge in [0.2, 0.25) is 0 Å². The first kappa shape index (κ1) is 17.4. The van der Waals surface area contributed by atoms with E-state index in [-0.39, 0.29) is 17.1 Å². The summed E-state index contributed by atoms with van der Waals surface area (Å²) < 4.78 is 13.5. The monoisotopic (exact) mass is 337 g/mol. The van der Waals surface area contributed by atoms with E-state index in [0.717, 1.165) is 11.6 Å². The van der Waals surface area contributed by atoms with Gasteiger partial charge in [-0.3, -0.25) is 4.79 Å². The second-order valence-corrected chi connectivity index (χ2v) is 5.59. The minimum Gasteiger partial charge on any atom is -0.481 e. The summed E-state index contributed by atoms with van der Waals surface area (Å²) >= 11 is 5.59. The molecule has 2 aromatic rings. The zero-order valence-corrected chi connectivity index (χ0v) is 13.0. The molecule has 3 N–H and O–H groups in total. The van der Waals surface area contributed by atoms with Gasteiger partial charge in [-0.1, -0.05) is 48.0 Å². The van der Waals surface area contributed by atoms with Crippen LogP contribution in [-0.4, -0.2) is 22.7 Å². The Balaban J connectivity index is 2.02. The van der Waals surface area contributed by atoms with Crippen LogP contribution in [0, 0.1) is 11.7 Å². The van der Waals surface area contributed by atoms with Crippen molar-refractivity contribution >= 4 is 17.6 Å². The Morgan fingerprint density at radius 2 is 1.91 bits per heavy atom. The number of carbonyl (C=O) groups is 1. The van der Waals surface area contributed by atoms with Gasteiger partial charge in [-0.05, 0) is 23.3 Å². The Hall–Kier alpha value is -1.95. The maximum absolute atomic E-state index is 13.5. The maximum atomic E-state index is 13.5. The topological polar surface area (TPSA) is 69.6 Å². The van der Waals surface area contributed by atoms with Crippen LogP contribution in [0.3, 0.4) is 0 Å². The van der Waals surface area contributed by atoms with E-state index in [9.17, 15) is 19.4 Å². The zero-order chi connectivity index (χ0) is 16.8. The number of hydrogen-bond donors (Lipinski definition) is 3. The van der Waals surface area contributed by atoms with Gasteiger partial charge in [-0.15, -0.1) is 0 Å². The van der Waals surface area contributed by atoms with Crippen molar-refractivity contribution in [3.8, 4) is 0 Å². The Morgan fingerprint density at radius 1 is 1.22 bits per heavy atom. The fourth-order valence-corrected chi connectivity index (χ4v) is 2.35. The molecule has 2 aromatic carbocycles. The predicted molar refractivity (Wildman–Crippen MR) is 85.6 cm³/mol. The molecule has 0 radical (unpaired) electrons. The summed E-state index contributed by atoms with van der Waals surface area (Å²) in [6.45, 7) is 0.530. The summed E-state index contributed by atoms with van der Waals surface area (Å²) in [5.41, 5.74) is 1.18. The average molecular weight is 338 g/mol. The summed E-state index contributed by atoms with van der Waals surface area (Å²) in [6, 6.07) is 13.3. The fourth-order valence-electron chi connectivity index (χ4n) is 2.23. The molecule has 2 rings (SSSR count). The van der Waals surface area contributed by atoms with E-state index < -0.39 is 23.8 Å². The third-order valence-electron chi connectivity index (χ3n) is 3.52. The summed E-state index contributed by atoms with van der Waals surface area (Å²) in [5, 5.41) is 22.5. The molecule has 0 spiro atoms. The van der Waals surface area contributed by atoms with Crippen LogP contribution in [0.2, 0.25) is 5.02 Å². The molecule has 122 valence electrons. The molecule has 0 bridgehead atoms. The lowest BCUT2D eigenvalue weighted by atomic mass is 9.95. The molecular formula is C17H17ClFNO3. The van der Waals surface area contributed by atoms with Crippen LogP contribution in [0.15, 0.2) is 48.5 Å². The third kappa shape index (κ3) is 4.76. The van der Waals surface area contributed by atoms with Crippen molar-refractivity contribution in [2.24, 2.45) is 5.92 Å². The van der Waals surface area contributed by atoms with E-state index in [1.54, 1.807) is 0 Å². The van der Waals surface area contributed by atoms with Crippen LogP contribution < -0.4 is 5.32 Å². The SMILES string of the molecule is O=C(O)C(CNCc1ccccc1)C(O)c1ccc(Cl)c(F)c1. The molecule has 0 aromatic heterocycles. The first-order chi connectivity index (χ1) is 11.0. The lowest BCUT2D eigenvalue weighted by Gasteiger charge is -2.20. The molecule has 0 amide bonds. The second kappa shape index (κ2) is 8.06. The van der Waals surface area contributed by atoms with Gasteiger partial charge in [-0.2, -0.15) is 0 Å². The van der Waals surface area contributed by atoms with Gasteiger partial charge in [-0.25, -0.2) is 4.39 Å². The first-order valence-corrected chi connectivity index (χ1v) is 7.47. The van der Waals surface area contributed by atoms with Gasteiger partial charge in [0.05, 0.1) is 17.0 Å². The van der Waals surface area contributed by atoms with E-state index in [2.05, 4.69) is 5.32 Å². The van der Waals surface area contributed by atoms with E-state index in [0.29, 0.717) is 6.54 Å². The van der Waals surface area contributed by atoms with Crippen molar-refractivity contribution in [2.75, 3.05) is 6.54 Å². The molecule has 6 heteroatoms. The van der Waals surface area contributed by atoms with Crippen LogP contribution in [-0.2, 0) is 11.3 Å². The molecule has 2 unspecified atom stereocenters. The number of benzene rings is 2. The predicted octanol–water partition coefficient (Wildman–Crippen LogP) is 3.00. The zero-order valence-electron chi connectivity index (χ0n) is 12.2. The Labute approximate surface area is 138 Å². The lowest BCUT2D eigenvalue weighted by molar-refractivity contribution is -0.145. The van der Waals surface area contributed by atoms with Gasteiger partial charge in [0.1, 0.15) is 5.82 Å². The lowest BCUT2D eigenvalue weighted by Crippen LogP contribution is -2.33. The molecule has 0 aliphatic rings. The quantitative estimate of drug-likeness (QED) is 0.726. The van der Waals surface area contributed by atoms with E-state index in [1.807, 2.05) is 30.3 Å². The number of hydrogen-bond acceptors (Lipinski definition) is 3. The normalized spacial score (nSPS) is 13.5. The summed E-state index contributed by atoms with van der Waals surface area (Å²) in [7, 11) is 0. The number of aliphatic hydroxyl groups is 1. The maximum Gasteiger partial charge on any atom is 0.310 e. The minimum absolute atomic E-state index is 0.0512. The summed E-state index contributed by atoms with van der Waals surface area (Å²) in [6.07, 6.45) is -1.33. The van der Waals surface area contributed by atoms with Gasteiger partial charge in [0.15, 0.2) is 0 Å². The standard InChI is InChI=1S/C17H17ClFNO3/c18-14-7-6-12(8-15(14)19)16(21)13(17(22)23)10-20-9-11-4-2-1-3-5-11/h1-8,13,16,20-21H,9-10H2,(H,22,23). The third-order valence-corrected chi connectivity index (χ3v) is 3.83. The van der Waals surface area contributed by atoms with Crippen LogP contribution in [0.1, 0.15) is 17.2 Å². The van der Waals surface area contributed by atoms with Gasteiger partial charge >= 0.3 is 5.97 Å². The number of aliphatic hydroxyl groups excluding tert-OH is 1. The second-order valence-electron chi connectivity index (χ2n) is 5.18. The number of carboxylic acids is 1. The van der Waals surface area contributed by atoms with E-state index in [1.165, 1.54) is 12.1 Å². The summed E-state index contributed by atoms with van der Waals surface area (Å²) in [5.74, 6) is -2.95. The first-order valence-electron chi connectivity index (χ1n) is 7.09. The molecule has 0 aliphatic heterocycles. The number of nitrogens with one attached hydrogen (secondary N) is 1. The van der Waals surface area contributed by atoms with Crippen LogP contribution in [0.5, 0.6) is 0 Å². The molecule has 0 fully saturated rings. The number of rotatable bonds is 7. The smallest absolute Gasteiger partial charge is 0.310 e. The Kier molecular flexibility index (Phi) is 6.10.